The van der Waals surface area contributed by atoms with Gasteiger partial charge in [0.1, 0.15) is 17.6 Å². The Morgan fingerprint density at radius 1 is 1.10 bits per heavy atom. The van der Waals surface area contributed by atoms with Gasteiger partial charge in [0.15, 0.2) is 0 Å². The van der Waals surface area contributed by atoms with Gasteiger partial charge in [-0.1, -0.05) is 12.1 Å². The zero-order valence-electron chi connectivity index (χ0n) is 11.5. The summed E-state index contributed by atoms with van der Waals surface area (Å²) in [5, 5.41) is 0. The van der Waals surface area contributed by atoms with Crippen molar-refractivity contribution < 1.29 is 9.53 Å². The molecule has 20 heavy (non-hydrogen) atoms. The van der Waals surface area contributed by atoms with Crippen LogP contribution >= 0.6 is 0 Å². The van der Waals surface area contributed by atoms with E-state index in [0.29, 0.717) is 5.57 Å². The molecule has 0 saturated heterocycles. The van der Waals surface area contributed by atoms with E-state index in [2.05, 4.69) is 4.98 Å². The molecule has 1 aromatic carbocycles. The van der Waals surface area contributed by atoms with Crippen molar-refractivity contribution in [1.82, 2.24) is 4.98 Å². The van der Waals surface area contributed by atoms with Gasteiger partial charge in [-0.15, -0.1) is 0 Å². The summed E-state index contributed by atoms with van der Waals surface area (Å²) in [4.78, 5) is 15.1. The highest BCUT2D eigenvalue weighted by atomic mass is 16.5. The number of benzene rings is 1. The summed E-state index contributed by atoms with van der Waals surface area (Å²) >= 11 is 0. The molecule has 1 aliphatic rings. The van der Waals surface area contributed by atoms with Crippen molar-refractivity contribution in [1.29, 1.82) is 0 Å². The number of carbonyl (C=O) groups excluding carboxylic acids is 1. The Hall–Kier alpha value is -2.42. The number of carbonyl (C=O) groups is 1. The molecule has 0 N–H and O–H groups in total. The Morgan fingerprint density at radius 3 is 2.55 bits per heavy atom. The Kier molecular flexibility index (Phi) is 2.90. The minimum absolute atomic E-state index is 0.592. The molecular weight excluding hydrogens is 250 g/mol. The van der Waals surface area contributed by atoms with Crippen LogP contribution in [0.5, 0.6) is 5.75 Å². The summed E-state index contributed by atoms with van der Waals surface area (Å²) in [7, 11) is 0. The van der Waals surface area contributed by atoms with Crippen molar-refractivity contribution in [3.63, 3.8) is 0 Å². The molecule has 0 fully saturated rings. The van der Waals surface area contributed by atoms with Crippen LogP contribution in [0.1, 0.15) is 19.4 Å². The predicted octanol–water partition coefficient (Wildman–Crippen LogP) is 3.50. The van der Waals surface area contributed by atoms with Crippen LogP contribution in [0.4, 0.5) is 0 Å². The van der Waals surface area contributed by atoms with Crippen molar-refractivity contribution in [2.45, 2.75) is 19.4 Å². The number of pyridine rings is 1. The predicted molar refractivity (Wildman–Crippen MR) is 78.4 cm³/mol. The summed E-state index contributed by atoms with van der Waals surface area (Å²) in [6.07, 6.45) is 6.29. The average molecular weight is 265 g/mol. The van der Waals surface area contributed by atoms with Gasteiger partial charge in [-0.2, -0.15) is 0 Å². The molecule has 0 amide bonds. The third-order valence-corrected chi connectivity index (χ3v) is 3.53. The second-order valence-electron chi connectivity index (χ2n) is 5.32. The van der Waals surface area contributed by atoms with Crippen molar-refractivity contribution in [2.24, 2.45) is 0 Å². The quantitative estimate of drug-likeness (QED) is 0.780. The van der Waals surface area contributed by atoms with Gasteiger partial charge in [0.25, 0.3) is 0 Å². The molecule has 0 radical (unpaired) electrons. The molecule has 0 unspecified atom stereocenters. The molecule has 3 nitrogen and oxygen atoms in total. The number of hydrogen-bond acceptors (Lipinski definition) is 3. The van der Waals surface area contributed by atoms with Gasteiger partial charge in [0.2, 0.25) is 0 Å². The first kappa shape index (κ1) is 12.6. The third-order valence-electron chi connectivity index (χ3n) is 3.53. The molecule has 2 aromatic rings. The monoisotopic (exact) mass is 265 g/mol. The van der Waals surface area contributed by atoms with Crippen molar-refractivity contribution in [2.75, 3.05) is 0 Å². The van der Waals surface area contributed by atoms with Gasteiger partial charge in [-0.05, 0) is 49.2 Å². The minimum Gasteiger partial charge on any atom is -0.482 e. The number of hydrogen-bond donors (Lipinski definition) is 0. The van der Waals surface area contributed by atoms with Crippen LogP contribution in [0.25, 0.3) is 17.2 Å². The highest BCUT2D eigenvalue weighted by molar-refractivity contribution is 5.87. The molecule has 3 heteroatoms. The van der Waals surface area contributed by atoms with Crippen LogP contribution in [0.2, 0.25) is 0 Å². The van der Waals surface area contributed by atoms with E-state index in [0.717, 1.165) is 28.7 Å². The number of nitrogens with zero attached hydrogens (tertiary/aromatic N) is 1. The Balaban J connectivity index is 2.08. The molecular formula is C17H15NO2. The molecule has 1 aromatic heterocycles. The largest absolute Gasteiger partial charge is 0.482 e. The van der Waals surface area contributed by atoms with Crippen LogP contribution in [-0.2, 0) is 4.79 Å². The molecule has 3 rings (SSSR count). The Labute approximate surface area is 117 Å². The van der Waals surface area contributed by atoms with Crippen molar-refractivity contribution in [3.8, 4) is 16.9 Å². The van der Waals surface area contributed by atoms with E-state index in [1.165, 1.54) is 0 Å². The number of rotatable bonds is 2. The smallest absolute Gasteiger partial charge is 0.150 e. The van der Waals surface area contributed by atoms with Gasteiger partial charge in [-0.25, -0.2) is 0 Å². The first-order valence-electron chi connectivity index (χ1n) is 6.51. The molecule has 0 atom stereocenters. The molecule has 0 saturated carbocycles. The summed E-state index contributed by atoms with van der Waals surface area (Å²) in [6, 6.07) is 9.92. The first-order chi connectivity index (χ1) is 9.60. The number of ether oxygens (including phenoxy) is 1. The van der Waals surface area contributed by atoms with Crippen LogP contribution in [0.15, 0.2) is 48.3 Å². The first-order valence-corrected chi connectivity index (χ1v) is 6.51. The van der Waals surface area contributed by atoms with Gasteiger partial charge >= 0.3 is 0 Å². The maximum atomic E-state index is 11.1. The zero-order valence-corrected chi connectivity index (χ0v) is 11.5. The third kappa shape index (κ3) is 2.11. The molecule has 0 spiro atoms. The van der Waals surface area contributed by atoms with E-state index >= 15 is 0 Å². The second kappa shape index (κ2) is 4.60. The lowest BCUT2D eigenvalue weighted by Crippen LogP contribution is -2.33. The van der Waals surface area contributed by atoms with Gasteiger partial charge < -0.3 is 4.74 Å². The van der Waals surface area contributed by atoms with E-state index in [4.69, 9.17) is 4.74 Å². The minimum atomic E-state index is -0.592. The standard InChI is InChI=1S/C17H15NO2/c1-17(2)15(11-19)9-14-4-3-13(10-16(14)20-17)12-5-7-18-8-6-12/h3-11H,1-2H3. The topological polar surface area (TPSA) is 39.2 Å². The zero-order chi connectivity index (χ0) is 14.2. The number of fused-ring (bicyclic) bond motifs is 1. The molecule has 1 aliphatic heterocycles. The van der Waals surface area contributed by atoms with Gasteiger partial charge in [0.05, 0.1) is 0 Å². The van der Waals surface area contributed by atoms with Crippen LogP contribution in [0.3, 0.4) is 0 Å². The fourth-order valence-corrected chi connectivity index (χ4v) is 2.32. The maximum absolute atomic E-state index is 11.1. The van der Waals surface area contributed by atoms with E-state index in [9.17, 15) is 4.79 Å². The summed E-state index contributed by atoms with van der Waals surface area (Å²) in [6.45, 7) is 3.80. The lowest BCUT2D eigenvalue weighted by molar-refractivity contribution is -0.106. The van der Waals surface area contributed by atoms with E-state index in [-0.39, 0.29) is 0 Å². The molecule has 0 bridgehead atoms. The van der Waals surface area contributed by atoms with E-state index in [1.807, 2.05) is 50.3 Å². The normalized spacial score (nSPS) is 15.8. The second-order valence-corrected chi connectivity index (χ2v) is 5.32. The van der Waals surface area contributed by atoms with E-state index in [1.54, 1.807) is 12.4 Å². The Morgan fingerprint density at radius 2 is 1.85 bits per heavy atom. The molecule has 0 aliphatic carbocycles. The molecule has 2 heterocycles. The lowest BCUT2D eigenvalue weighted by Gasteiger charge is -2.31. The lowest BCUT2D eigenvalue weighted by atomic mass is 9.92. The maximum Gasteiger partial charge on any atom is 0.150 e. The van der Waals surface area contributed by atoms with E-state index < -0.39 is 5.60 Å². The van der Waals surface area contributed by atoms with Crippen molar-refractivity contribution >= 4 is 12.4 Å². The molecule has 100 valence electrons. The average Bonchev–Trinajstić information content (AvgIpc) is 2.46. The fourth-order valence-electron chi connectivity index (χ4n) is 2.32. The van der Waals surface area contributed by atoms with Gasteiger partial charge in [-0.3, -0.25) is 9.78 Å². The van der Waals surface area contributed by atoms with Crippen LogP contribution in [0, 0.1) is 0 Å². The summed E-state index contributed by atoms with van der Waals surface area (Å²) in [5.41, 5.74) is 3.16. The SMILES string of the molecule is CC1(C)Oc2cc(-c3ccncc3)ccc2C=C1C=O. The highest BCUT2D eigenvalue weighted by Gasteiger charge is 2.30. The van der Waals surface area contributed by atoms with Gasteiger partial charge in [0, 0.05) is 23.5 Å². The van der Waals surface area contributed by atoms with Crippen LogP contribution < -0.4 is 4.74 Å². The summed E-state index contributed by atoms with van der Waals surface area (Å²) < 4.78 is 5.97. The Bertz CT molecular complexity index is 687. The highest BCUT2D eigenvalue weighted by Crippen LogP contribution is 2.37. The van der Waals surface area contributed by atoms with Crippen molar-refractivity contribution in [3.05, 3.63) is 53.9 Å². The fraction of sp³-hybridized carbons (Fsp3) is 0.176. The van der Waals surface area contributed by atoms with Crippen LogP contribution in [-0.4, -0.2) is 16.9 Å². The number of aromatic nitrogens is 1. The summed E-state index contributed by atoms with van der Waals surface area (Å²) in [5.74, 6) is 0.801. The number of aldehydes is 1.